The van der Waals surface area contributed by atoms with Crippen molar-refractivity contribution in [3.05, 3.63) is 59.5 Å². The Kier molecular flexibility index (Phi) is 2.93. The lowest BCUT2D eigenvalue weighted by molar-refractivity contribution is 0.0741. The summed E-state index contributed by atoms with van der Waals surface area (Å²) in [5, 5.41) is 0.896. The average Bonchev–Trinajstić information content (AvgIpc) is 2.78. The monoisotopic (exact) mass is 269 g/mol. The molecule has 19 heavy (non-hydrogen) atoms. The van der Waals surface area contributed by atoms with Gasteiger partial charge < -0.3 is 10.5 Å². The normalized spacial score (nSPS) is 10.5. The molecule has 0 radical (unpaired) electrons. The molecule has 0 spiro atoms. The van der Waals surface area contributed by atoms with Gasteiger partial charge >= 0.3 is 5.97 Å². The van der Waals surface area contributed by atoms with Gasteiger partial charge in [-0.1, -0.05) is 36.4 Å². The summed E-state index contributed by atoms with van der Waals surface area (Å²) in [5.41, 5.74) is 6.49. The van der Waals surface area contributed by atoms with Crippen LogP contribution in [0.2, 0.25) is 0 Å². The first-order valence-electron chi connectivity index (χ1n) is 5.80. The van der Waals surface area contributed by atoms with E-state index < -0.39 is 5.97 Å². The molecule has 0 fully saturated rings. The van der Waals surface area contributed by atoms with Crippen LogP contribution in [0.5, 0.6) is 5.75 Å². The third-order valence-electron chi connectivity index (χ3n) is 2.77. The summed E-state index contributed by atoms with van der Waals surface area (Å²) in [6.45, 7) is 0. The molecule has 0 saturated heterocycles. The fraction of sp³-hybridized carbons (Fsp3) is 0. The lowest BCUT2D eigenvalue weighted by Gasteiger charge is -2.02. The van der Waals surface area contributed by atoms with Crippen molar-refractivity contribution < 1.29 is 9.53 Å². The van der Waals surface area contributed by atoms with E-state index in [2.05, 4.69) is 0 Å². The number of nitrogens with two attached hydrogens (primary N) is 1. The van der Waals surface area contributed by atoms with Gasteiger partial charge in [-0.25, -0.2) is 4.79 Å². The maximum atomic E-state index is 12.1. The molecule has 94 valence electrons. The van der Waals surface area contributed by atoms with E-state index in [0.29, 0.717) is 16.3 Å². The van der Waals surface area contributed by atoms with Crippen LogP contribution >= 0.6 is 11.3 Å². The molecule has 0 atom stereocenters. The van der Waals surface area contributed by atoms with Gasteiger partial charge in [0.2, 0.25) is 0 Å². The molecule has 0 bridgehead atoms. The SMILES string of the molecule is Nc1c(C(=O)Oc2ccccc2)sc2ccccc12. The Hall–Kier alpha value is -2.33. The Bertz CT molecular complexity index is 734. The molecule has 1 heterocycles. The zero-order chi connectivity index (χ0) is 13.2. The molecule has 3 nitrogen and oxygen atoms in total. The summed E-state index contributed by atoms with van der Waals surface area (Å²) in [6.07, 6.45) is 0. The zero-order valence-corrected chi connectivity index (χ0v) is 10.8. The maximum Gasteiger partial charge on any atom is 0.355 e. The van der Waals surface area contributed by atoms with Crippen molar-refractivity contribution in [2.24, 2.45) is 0 Å². The van der Waals surface area contributed by atoms with Crippen molar-refractivity contribution in [1.82, 2.24) is 0 Å². The first kappa shape index (κ1) is 11.7. The van der Waals surface area contributed by atoms with Gasteiger partial charge in [-0.3, -0.25) is 0 Å². The number of para-hydroxylation sites is 1. The highest BCUT2D eigenvalue weighted by Crippen LogP contribution is 2.33. The van der Waals surface area contributed by atoms with E-state index in [9.17, 15) is 4.79 Å². The fourth-order valence-electron chi connectivity index (χ4n) is 1.86. The van der Waals surface area contributed by atoms with Crippen molar-refractivity contribution in [2.45, 2.75) is 0 Å². The summed E-state index contributed by atoms with van der Waals surface area (Å²) in [6, 6.07) is 16.6. The van der Waals surface area contributed by atoms with Crippen LogP contribution in [-0.4, -0.2) is 5.97 Å². The highest BCUT2D eigenvalue weighted by atomic mass is 32.1. The molecule has 2 aromatic carbocycles. The van der Waals surface area contributed by atoms with Gasteiger partial charge in [0.25, 0.3) is 0 Å². The Morgan fingerprint density at radius 3 is 2.42 bits per heavy atom. The summed E-state index contributed by atoms with van der Waals surface area (Å²) >= 11 is 1.35. The molecule has 0 unspecified atom stereocenters. The van der Waals surface area contributed by atoms with Gasteiger partial charge in [0, 0.05) is 10.1 Å². The number of carbonyl (C=O) groups excluding carboxylic acids is 1. The van der Waals surface area contributed by atoms with Crippen LogP contribution in [0.3, 0.4) is 0 Å². The van der Waals surface area contributed by atoms with Crippen LogP contribution in [0.4, 0.5) is 5.69 Å². The number of hydrogen-bond donors (Lipinski definition) is 1. The topological polar surface area (TPSA) is 52.3 Å². The number of benzene rings is 2. The number of rotatable bonds is 2. The molecule has 0 aliphatic heterocycles. The Morgan fingerprint density at radius 2 is 1.68 bits per heavy atom. The molecular formula is C15H11NO2S. The van der Waals surface area contributed by atoms with E-state index in [1.54, 1.807) is 12.1 Å². The van der Waals surface area contributed by atoms with Gasteiger partial charge in [-0.2, -0.15) is 0 Å². The molecule has 1 aromatic heterocycles. The number of hydrogen-bond acceptors (Lipinski definition) is 4. The van der Waals surface area contributed by atoms with Crippen LogP contribution in [0.25, 0.3) is 10.1 Å². The Labute approximate surface area is 114 Å². The number of nitrogen functional groups attached to an aromatic ring is 1. The highest BCUT2D eigenvalue weighted by molar-refractivity contribution is 7.21. The summed E-state index contributed by atoms with van der Waals surface area (Å²) in [4.78, 5) is 12.6. The molecule has 2 N–H and O–H groups in total. The molecule has 0 amide bonds. The van der Waals surface area contributed by atoms with Crippen LogP contribution < -0.4 is 10.5 Å². The van der Waals surface area contributed by atoms with E-state index in [1.807, 2.05) is 42.5 Å². The molecule has 0 saturated carbocycles. The maximum absolute atomic E-state index is 12.1. The number of fused-ring (bicyclic) bond motifs is 1. The highest BCUT2D eigenvalue weighted by Gasteiger charge is 2.17. The minimum absolute atomic E-state index is 0.412. The lowest BCUT2D eigenvalue weighted by atomic mass is 10.2. The van der Waals surface area contributed by atoms with E-state index in [1.165, 1.54) is 11.3 Å². The predicted octanol–water partition coefficient (Wildman–Crippen LogP) is 3.70. The molecule has 3 aromatic rings. The summed E-state index contributed by atoms with van der Waals surface area (Å²) in [5.74, 6) is 0.106. The summed E-state index contributed by atoms with van der Waals surface area (Å²) < 4.78 is 6.29. The number of ether oxygens (including phenoxy) is 1. The van der Waals surface area contributed by atoms with E-state index in [0.717, 1.165) is 10.1 Å². The largest absolute Gasteiger partial charge is 0.422 e. The Morgan fingerprint density at radius 1 is 1.00 bits per heavy atom. The van der Waals surface area contributed by atoms with Crippen LogP contribution in [0.1, 0.15) is 9.67 Å². The zero-order valence-electron chi connectivity index (χ0n) is 10.00. The van der Waals surface area contributed by atoms with Gasteiger partial charge in [-0.05, 0) is 18.2 Å². The standard InChI is InChI=1S/C15H11NO2S/c16-13-11-8-4-5-9-12(11)19-14(13)15(17)18-10-6-2-1-3-7-10/h1-9H,16H2. The first-order valence-corrected chi connectivity index (χ1v) is 6.61. The van der Waals surface area contributed by atoms with Crippen molar-refractivity contribution >= 4 is 33.1 Å². The lowest BCUT2D eigenvalue weighted by Crippen LogP contribution is -2.08. The third kappa shape index (κ3) is 2.18. The van der Waals surface area contributed by atoms with Crippen molar-refractivity contribution in [3.8, 4) is 5.75 Å². The number of carbonyl (C=O) groups is 1. The number of thiophene rings is 1. The molecule has 3 rings (SSSR count). The van der Waals surface area contributed by atoms with E-state index in [-0.39, 0.29) is 0 Å². The van der Waals surface area contributed by atoms with Crippen molar-refractivity contribution in [1.29, 1.82) is 0 Å². The average molecular weight is 269 g/mol. The quantitative estimate of drug-likeness (QED) is 0.570. The van der Waals surface area contributed by atoms with Crippen molar-refractivity contribution in [2.75, 3.05) is 5.73 Å². The van der Waals surface area contributed by atoms with Crippen LogP contribution in [0, 0.1) is 0 Å². The molecule has 0 aliphatic rings. The van der Waals surface area contributed by atoms with Crippen LogP contribution in [-0.2, 0) is 0 Å². The smallest absolute Gasteiger partial charge is 0.355 e. The van der Waals surface area contributed by atoms with Gasteiger partial charge in [0.15, 0.2) is 0 Å². The second kappa shape index (κ2) is 4.74. The molecule has 0 aliphatic carbocycles. The first-order chi connectivity index (χ1) is 9.25. The van der Waals surface area contributed by atoms with E-state index >= 15 is 0 Å². The van der Waals surface area contributed by atoms with Crippen molar-refractivity contribution in [3.63, 3.8) is 0 Å². The van der Waals surface area contributed by atoms with Gasteiger partial charge in [0.1, 0.15) is 10.6 Å². The van der Waals surface area contributed by atoms with E-state index in [4.69, 9.17) is 10.5 Å². The van der Waals surface area contributed by atoms with Gasteiger partial charge in [-0.15, -0.1) is 11.3 Å². The molecular weight excluding hydrogens is 258 g/mol. The second-order valence-corrected chi connectivity index (χ2v) is 5.10. The summed E-state index contributed by atoms with van der Waals surface area (Å²) in [7, 11) is 0. The molecule has 4 heteroatoms. The van der Waals surface area contributed by atoms with Gasteiger partial charge in [0.05, 0.1) is 5.69 Å². The number of anilines is 1. The minimum Gasteiger partial charge on any atom is -0.422 e. The van der Waals surface area contributed by atoms with Crippen LogP contribution in [0.15, 0.2) is 54.6 Å². The third-order valence-corrected chi connectivity index (χ3v) is 3.94. The number of esters is 1. The second-order valence-electron chi connectivity index (χ2n) is 4.04. The Balaban J connectivity index is 1.96. The predicted molar refractivity (Wildman–Crippen MR) is 77.6 cm³/mol. The minimum atomic E-state index is -0.412. The fourth-order valence-corrected chi connectivity index (χ4v) is 2.86.